The third kappa shape index (κ3) is 11.5. The maximum Gasteiger partial charge on any atom is 0.343 e. The summed E-state index contributed by atoms with van der Waals surface area (Å²) in [6, 6.07) is 18.6. The molecule has 0 unspecified atom stereocenters. The molecule has 0 aliphatic rings. The van der Waals surface area contributed by atoms with Gasteiger partial charge in [0.25, 0.3) is 0 Å². The van der Waals surface area contributed by atoms with Gasteiger partial charge < -0.3 is 14.2 Å². The van der Waals surface area contributed by atoms with Crippen LogP contribution in [0.15, 0.2) is 66.7 Å². The van der Waals surface area contributed by atoms with Crippen molar-refractivity contribution in [2.75, 3.05) is 6.61 Å². The fourth-order valence-corrected chi connectivity index (χ4v) is 4.83. The smallest absolute Gasteiger partial charge is 0.343 e. The lowest BCUT2D eigenvalue weighted by atomic mass is 10.0. The predicted octanol–water partition coefficient (Wildman–Crippen LogP) is 10.4. The molecule has 3 rings (SSSR count). The first kappa shape index (κ1) is 33.8. The number of esters is 2. The van der Waals surface area contributed by atoms with Crippen LogP contribution in [-0.4, -0.2) is 24.6 Å². The first-order chi connectivity index (χ1) is 20.9. The quantitative estimate of drug-likeness (QED) is 0.0789. The highest BCUT2D eigenvalue weighted by Gasteiger charge is 2.19. The van der Waals surface area contributed by atoms with Gasteiger partial charge in [0, 0.05) is 0 Å². The summed E-state index contributed by atoms with van der Waals surface area (Å²) in [6.07, 6.45) is 12.7. The molecule has 0 amide bonds. The molecule has 0 saturated carbocycles. The third-order valence-corrected chi connectivity index (χ3v) is 7.48. The van der Waals surface area contributed by atoms with E-state index in [1.807, 2.05) is 36.4 Å². The van der Waals surface area contributed by atoms with Gasteiger partial charge in [-0.15, -0.1) is 0 Å². The molecule has 0 radical (unpaired) electrons. The summed E-state index contributed by atoms with van der Waals surface area (Å²) < 4.78 is 31.6. The van der Waals surface area contributed by atoms with Crippen molar-refractivity contribution in [2.24, 2.45) is 0 Å². The van der Waals surface area contributed by atoms with Crippen molar-refractivity contribution in [1.29, 1.82) is 0 Å². The second-order valence-electron chi connectivity index (χ2n) is 11.1. The molecule has 0 aliphatic heterocycles. The summed E-state index contributed by atoms with van der Waals surface area (Å²) >= 11 is 0. The normalized spacial score (nSPS) is 11.0. The number of halogens is 1. The van der Waals surface area contributed by atoms with E-state index in [-0.39, 0.29) is 17.4 Å². The number of ether oxygens (including phenoxy) is 3. The molecule has 6 heteroatoms. The maximum atomic E-state index is 14.8. The van der Waals surface area contributed by atoms with Crippen LogP contribution >= 0.6 is 0 Å². The topological polar surface area (TPSA) is 61.8 Å². The van der Waals surface area contributed by atoms with Gasteiger partial charge in [0.15, 0.2) is 11.6 Å². The number of carbonyl (C=O) groups is 2. The van der Waals surface area contributed by atoms with Crippen molar-refractivity contribution in [3.8, 4) is 22.6 Å². The predicted molar refractivity (Wildman–Crippen MR) is 170 cm³/mol. The van der Waals surface area contributed by atoms with Crippen LogP contribution < -0.4 is 9.47 Å². The molecular weight excluding hydrogens is 543 g/mol. The van der Waals surface area contributed by atoms with Gasteiger partial charge in [0.05, 0.1) is 17.7 Å². The average Bonchev–Trinajstić information content (AvgIpc) is 3.03. The Bertz CT molecular complexity index is 1250. The monoisotopic (exact) mass is 590 g/mol. The Morgan fingerprint density at radius 3 is 1.81 bits per heavy atom. The fraction of sp³-hybridized carbons (Fsp3) is 0.459. The van der Waals surface area contributed by atoms with E-state index >= 15 is 0 Å². The molecule has 0 fully saturated rings. The zero-order valence-electron chi connectivity index (χ0n) is 26.0. The molecule has 0 bridgehead atoms. The summed E-state index contributed by atoms with van der Waals surface area (Å²) in [5, 5.41) is 0. The summed E-state index contributed by atoms with van der Waals surface area (Å²) in [7, 11) is 0. The van der Waals surface area contributed by atoms with Gasteiger partial charge in [-0.05, 0) is 72.9 Å². The summed E-state index contributed by atoms with van der Waals surface area (Å²) in [6.45, 7) is 7.12. The number of unbranched alkanes of at least 4 members (excludes halogenated alkanes) is 7. The highest BCUT2D eigenvalue weighted by Crippen LogP contribution is 2.25. The summed E-state index contributed by atoms with van der Waals surface area (Å²) in [5.74, 6) is -1.44. The lowest BCUT2D eigenvalue weighted by molar-refractivity contribution is 0.0250. The Morgan fingerprint density at radius 2 is 1.21 bits per heavy atom. The van der Waals surface area contributed by atoms with Crippen LogP contribution in [0.25, 0.3) is 11.1 Å². The lowest BCUT2D eigenvalue weighted by Crippen LogP contribution is -2.19. The number of hydrogen-bond donors (Lipinski definition) is 0. The Morgan fingerprint density at radius 1 is 0.651 bits per heavy atom. The Labute approximate surface area is 256 Å². The Hall–Kier alpha value is -3.67. The molecule has 0 saturated heterocycles. The maximum absolute atomic E-state index is 14.8. The molecular formula is C37H47FO5. The van der Waals surface area contributed by atoms with Gasteiger partial charge in [-0.3, -0.25) is 0 Å². The zero-order valence-corrected chi connectivity index (χ0v) is 26.0. The number of hydrogen-bond acceptors (Lipinski definition) is 5. The summed E-state index contributed by atoms with van der Waals surface area (Å²) in [4.78, 5) is 25.4. The molecule has 232 valence electrons. The Balaban J connectivity index is 1.52. The van der Waals surface area contributed by atoms with Crippen molar-refractivity contribution in [1.82, 2.24) is 0 Å². The van der Waals surface area contributed by atoms with Crippen LogP contribution in [-0.2, 0) is 4.74 Å². The van der Waals surface area contributed by atoms with Crippen molar-refractivity contribution in [3.63, 3.8) is 0 Å². The standard InChI is InChI=1S/C37H47FO5/c1-4-7-10-11-12-13-26-41-32-23-20-29(21-24-32)28-16-18-30(19-17-28)36(39)43-35-25-22-31(27-34(35)38)37(40)42-33(14-8-5-2)15-9-6-3/h16-25,27,33H,4-15,26H2,1-3H3. The van der Waals surface area contributed by atoms with Crippen LogP contribution in [0.1, 0.15) is 119 Å². The SMILES string of the molecule is CCCCCCCCOc1ccc(-c2ccc(C(=O)Oc3ccc(C(=O)OC(CCCC)CCCC)cc3F)cc2)cc1. The zero-order chi connectivity index (χ0) is 30.9. The van der Waals surface area contributed by atoms with Crippen LogP contribution in [0, 0.1) is 5.82 Å². The second-order valence-corrected chi connectivity index (χ2v) is 11.1. The van der Waals surface area contributed by atoms with Crippen LogP contribution in [0.3, 0.4) is 0 Å². The largest absolute Gasteiger partial charge is 0.494 e. The van der Waals surface area contributed by atoms with Gasteiger partial charge in [-0.1, -0.05) is 103 Å². The molecule has 0 N–H and O–H groups in total. The minimum atomic E-state index is -0.795. The van der Waals surface area contributed by atoms with Crippen LogP contribution in [0.4, 0.5) is 4.39 Å². The molecule has 5 nitrogen and oxygen atoms in total. The van der Waals surface area contributed by atoms with Gasteiger partial charge in [-0.2, -0.15) is 0 Å². The van der Waals surface area contributed by atoms with E-state index in [1.165, 1.54) is 44.2 Å². The first-order valence-electron chi connectivity index (χ1n) is 16.0. The molecule has 0 aromatic heterocycles. The molecule has 43 heavy (non-hydrogen) atoms. The Kier molecular flexibility index (Phi) is 14.8. The van der Waals surface area contributed by atoms with Gasteiger partial charge >= 0.3 is 11.9 Å². The van der Waals surface area contributed by atoms with E-state index < -0.39 is 17.8 Å². The lowest BCUT2D eigenvalue weighted by Gasteiger charge is -2.17. The first-order valence-corrected chi connectivity index (χ1v) is 16.0. The van der Waals surface area contributed by atoms with Crippen LogP contribution in [0.5, 0.6) is 11.5 Å². The van der Waals surface area contributed by atoms with Crippen molar-refractivity contribution < 1.29 is 28.2 Å². The minimum absolute atomic E-state index is 0.0958. The molecule has 0 spiro atoms. The van der Waals surface area contributed by atoms with E-state index in [1.54, 1.807) is 12.1 Å². The van der Waals surface area contributed by atoms with E-state index in [0.717, 1.165) is 67.9 Å². The molecule has 3 aromatic rings. The van der Waals surface area contributed by atoms with Gasteiger partial charge in [-0.25, -0.2) is 14.0 Å². The second kappa shape index (κ2) is 18.8. The average molecular weight is 591 g/mol. The molecule has 0 heterocycles. The fourth-order valence-electron chi connectivity index (χ4n) is 4.83. The third-order valence-electron chi connectivity index (χ3n) is 7.48. The van der Waals surface area contributed by atoms with Crippen molar-refractivity contribution in [2.45, 2.75) is 104 Å². The van der Waals surface area contributed by atoms with E-state index in [9.17, 15) is 14.0 Å². The number of carbonyl (C=O) groups excluding carboxylic acids is 2. The van der Waals surface area contributed by atoms with E-state index in [2.05, 4.69) is 20.8 Å². The van der Waals surface area contributed by atoms with Gasteiger partial charge in [0.1, 0.15) is 11.9 Å². The van der Waals surface area contributed by atoms with E-state index in [4.69, 9.17) is 14.2 Å². The molecule has 3 aromatic carbocycles. The number of benzene rings is 3. The van der Waals surface area contributed by atoms with Crippen LogP contribution in [0.2, 0.25) is 0 Å². The highest BCUT2D eigenvalue weighted by atomic mass is 19.1. The summed E-state index contributed by atoms with van der Waals surface area (Å²) in [5.41, 5.74) is 2.31. The highest BCUT2D eigenvalue weighted by molar-refractivity contribution is 5.92. The minimum Gasteiger partial charge on any atom is -0.494 e. The van der Waals surface area contributed by atoms with Gasteiger partial charge in [0.2, 0.25) is 0 Å². The van der Waals surface area contributed by atoms with Crippen molar-refractivity contribution in [3.05, 3.63) is 83.7 Å². The van der Waals surface area contributed by atoms with E-state index in [0.29, 0.717) is 12.2 Å². The molecule has 0 atom stereocenters. The van der Waals surface area contributed by atoms with Crippen molar-refractivity contribution >= 4 is 11.9 Å². The molecule has 0 aliphatic carbocycles. The number of rotatable bonds is 19.